The van der Waals surface area contributed by atoms with Crippen LogP contribution in [0.25, 0.3) is 0 Å². The fraction of sp³-hybridized carbons (Fsp3) is 0.593. The monoisotopic (exact) mass is 503 g/mol. The third kappa shape index (κ3) is 10.2. The number of thioether (sulfide) groups is 1. The molecule has 0 spiro atoms. The molecule has 0 bridgehead atoms. The van der Waals surface area contributed by atoms with Crippen LogP contribution in [0.4, 0.5) is 4.79 Å². The minimum atomic E-state index is -0.865. The molecule has 1 aromatic carbocycles. The molecule has 0 aliphatic rings. The minimum absolute atomic E-state index is 0.0408. The van der Waals surface area contributed by atoms with Crippen molar-refractivity contribution in [1.29, 1.82) is 0 Å². The first-order chi connectivity index (χ1) is 16.5. The highest BCUT2D eigenvalue weighted by Gasteiger charge is 2.35. The number of carbonyl (C=O) groups is 3. The Morgan fingerprint density at radius 1 is 1.11 bits per heavy atom. The largest absolute Gasteiger partial charge is 0.444 e. The van der Waals surface area contributed by atoms with Gasteiger partial charge >= 0.3 is 6.09 Å². The normalized spacial score (nSPS) is 13.7. The van der Waals surface area contributed by atoms with Gasteiger partial charge in [0.2, 0.25) is 11.8 Å². The molecular formula is C27H41N3O4S. The average molecular weight is 504 g/mol. The zero-order valence-electron chi connectivity index (χ0n) is 22.1. The molecule has 1 aromatic rings. The standard InChI is InChI=1S/C27H41N3O4S/c1-9-12-19(4)28-24(31)23(21-15-13-20(10-2)14-16-21)30(11-3)25(32)22(17-18-35-8)29-26(33)34-27(5,6)7/h2,13-16,19,22-23H,9,11-12,17-18H2,1,3-8H3,(H,28,31)(H,29,33). The van der Waals surface area contributed by atoms with E-state index < -0.39 is 23.8 Å². The first kappa shape index (κ1) is 30.4. The Labute approximate surface area is 215 Å². The van der Waals surface area contributed by atoms with Crippen molar-refractivity contribution >= 4 is 29.7 Å². The molecule has 0 aliphatic heterocycles. The molecule has 0 aromatic heterocycles. The van der Waals surface area contributed by atoms with E-state index in [9.17, 15) is 14.4 Å². The van der Waals surface area contributed by atoms with Gasteiger partial charge in [0.1, 0.15) is 17.7 Å². The maximum Gasteiger partial charge on any atom is 0.408 e. The summed E-state index contributed by atoms with van der Waals surface area (Å²) >= 11 is 1.58. The van der Waals surface area contributed by atoms with Crippen LogP contribution < -0.4 is 10.6 Å². The van der Waals surface area contributed by atoms with E-state index in [0.29, 0.717) is 23.3 Å². The summed E-state index contributed by atoms with van der Waals surface area (Å²) in [4.78, 5) is 41.3. The van der Waals surface area contributed by atoms with Gasteiger partial charge in [-0.05, 0) is 77.2 Å². The predicted molar refractivity (Wildman–Crippen MR) is 143 cm³/mol. The molecule has 3 amide bonds. The van der Waals surface area contributed by atoms with Crippen LogP contribution in [0.5, 0.6) is 0 Å². The van der Waals surface area contributed by atoms with Crippen LogP contribution in [0.2, 0.25) is 0 Å². The van der Waals surface area contributed by atoms with Crippen LogP contribution >= 0.6 is 11.8 Å². The molecule has 2 N–H and O–H groups in total. The number of benzene rings is 1. The number of terminal acetylenes is 1. The van der Waals surface area contributed by atoms with Crippen LogP contribution in [0.15, 0.2) is 24.3 Å². The number of carbonyl (C=O) groups excluding carboxylic acids is 3. The summed E-state index contributed by atoms with van der Waals surface area (Å²) in [5.41, 5.74) is 0.644. The van der Waals surface area contributed by atoms with Crippen molar-refractivity contribution in [3.05, 3.63) is 35.4 Å². The number of rotatable bonds is 12. The highest BCUT2D eigenvalue weighted by Crippen LogP contribution is 2.24. The highest BCUT2D eigenvalue weighted by molar-refractivity contribution is 7.98. The average Bonchev–Trinajstić information content (AvgIpc) is 2.78. The van der Waals surface area contributed by atoms with Gasteiger partial charge in [-0.1, -0.05) is 31.4 Å². The molecule has 194 valence electrons. The molecule has 0 saturated heterocycles. The quantitative estimate of drug-likeness (QED) is 0.410. The molecule has 7 nitrogen and oxygen atoms in total. The summed E-state index contributed by atoms with van der Waals surface area (Å²) in [5.74, 6) is 2.63. The van der Waals surface area contributed by atoms with E-state index in [4.69, 9.17) is 11.2 Å². The second-order valence-corrected chi connectivity index (χ2v) is 10.5. The number of ether oxygens (including phenoxy) is 1. The van der Waals surface area contributed by atoms with E-state index in [2.05, 4.69) is 23.5 Å². The second-order valence-electron chi connectivity index (χ2n) is 9.47. The van der Waals surface area contributed by atoms with E-state index in [0.717, 1.165) is 12.8 Å². The number of nitrogens with zero attached hydrogens (tertiary/aromatic N) is 1. The Balaban J connectivity index is 3.34. The molecule has 3 atom stereocenters. The summed E-state index contributed by atoms with van der Waals surface area (Å²) in [6, 6.07) is 5.33. The Morgan fingerprint density at radius 3 is 2.23 bits per heavy atom. The molecule has 3 unspecified atom stereocenters. The number of nitrogens with one attached hydrogen (secondary N) is 2. The van der Waals surface area contributed by atoms with E-state index >= 15 is 0 Å². The van der Waals surface area contributed by atoms with Crippen LogP contribution in [-0.2, 0) is 14.3 Å². The fourth-order valence-corrected chi connectivity index (χ4v) is 4.14. The lowest BCUT2D eigenvalue weighted by molar-refractivity contribution is -0.142. The van der Waals surface area contributed by atoms with Crippen molar-refractivity contribution in [2.75, 3.05) is 18.6 Å². The van der Waals surface area contributed by atoms with Gasteiger partial charge in [0.25, 0.3) is 0 Å². The van der Waals surface area contributed by atoms with Gasteiger partial charge < -0.3 is 20.3 Å². The molecule has 0 fully saturated rings. The zero-order valence-corrected chi connectivity index (χ0v) is 23.0. The van der Waals surface area contributed by atoms with Gasteiger partial charge in [0, 0.05) is 18.2 Å². The number of amides is 3. The number of alkyl carbamates (subject to hydrolysis) is 1. The summed E-state index contributed by atoms with van der Waals surface area (Å²) in [6.45, 7) is 11.4. The van der Waals surface area contributed by atoms with Gasteiger partial charge in [-0.25, -0.2) is 4.79 Å². The Kier molecular flexibility index (Phi) is 12.7. The van der Waals surface area contributed by atoms with Crippen LogP contribution in [0, 0.1) is 12.3 Å². The molecule has 8 heteroatoms. The Bertz CT molecular complexity index is 874. The van der Waals surface area contributed by atoms with Crippen molar-refractivity contribution in [1.82, 2.24) is 15.5 Å². The first-order valence-electron chi connectivity index (χ1n) is 12.1. The molecule has 0 aliphatic carbocycles. The SMILES string of the molecule is C#Cc1ccc(C(C(=O)NC(C)CCC)N(CC)C(=O)C(CCSC)NC(=O)OC(C)(C)C)cc1. The van der Waals surface area contributed by atoms with Gasteiger partial charge in [-0.2, -0.15) is 11.8 Å². The van der Waals surface area contributed by atoms with Crippen LogP contribution in [-0.4, -0.2) is 59.0 Å². The fourth-order valence-electron chi connectivity index (χ4n) is 3.67. The number of hydrogen-bond acceptors (Lipinski definition) is 5. The lowest BCUT2D eigenvalue weighted by Crippen LogP contribution is -2.53. The molecule has 0 saturated carbocycles. The third-order valence-corrected chi connectivity index (χ3v) is 5.93. The topological polar surface area (TPSA) is 87.7 Å². The van der Waals surface area contributed by atoms with Crippen molar-refractivity contribution in [3.8, 4) is 12.3 Å². The van der Waals surface area contributed by atoms with Gasteiger partial charge in [0.05, 0.1) is 0 Å². The maximum absolute atomic E-state index is 13.8. The van der Waals surface area contributed by atoms with Gasteiger partial charge in [-0.15, -0.1) is 6.42 Å². The number of likely N-dealkylation sites (N-methyl/N-ethyl adjacent to an activating group) is 1. The predicted octanol–water partition coefficient (Wildman–Crippen LogP) is 4.51. The lowest BCUT2D eigenvalue weighted by atomic mass is 10.0. The molecule has 0 heterocycles. The molecule has 1 rings (SSSR count). The zero-order chi connectivity index (χ0) is 26.6. The van der Waals surface area contributed by atoms with E-state index in [-0.39, 0.29) is 24.4 Å². The van der Waals surface area contributed by atoms with Crippen molar-refractivity contribution in [3.63, 3.8) is 0 Å². The van der Waals surface area contributed by atoms with Crippen molar-refractivity contribution in [2.45, 2.75) is 84.5 Å². The lowest BCUT2D eigenvalue weighted by Gasteiger charge is -2.34. The Morgan fingerprint density at radius 2 is 1.74 bits per heavy atom. The van der Waals surface area contributed by atoms with Gasteiger partial charge in [-0.3, -0.25) is 9.59 Å². The second kappa shape index (κ2) is 14.7. The summed E-state index contributed by atoms with van der Waals surface area (Å²) in [6.07, 6.45) is 8.93. The van der Waals surface area contributed by atoms with Crippen molar-refractivity contribution in [2.24, 2.45) is 0 Å². The van der Waals surface area contributed by atoms with E-state index in [1.54, 1.807) is 56.8 Å². The summed E-state index contributed by atoms with van der Waals surface area (Å²) in [5, 5.41) is 5.77. The Hall–Kier alpha value is -2.66. The number of hydrogen-bond donors (Lipinski definition) is 2. The molecule has 35 heavy (non-hydrogen) atoms. The van der Waals surface area contributed by atoms with Crippen LogP contribution in [0.1, 0.15) is 78.0 Å². The molecular weight excluding hydrogens is 462 g/mol. The summed E-state index contributed by atoms with van der Waals surface area (Å²) < 4.78 is 5.38. The smallest absolute Gasteiger partial charge is 0.408 e. The minimum Gasteiger partial charge on any atom is -0.444 e. The highest BCUT2D eigenvalue weighted by atomic mass is 32.2. The van der Waals surface area contributed by atoms with Gasteiger partial charge in [0.15, 0.2) is 0 Å². The van der Waals surface area contributed by atoms with Crippen molar-refractivity contribution < 1.29 is 19.1 Å². The maximum atomic E-state index is 13.8. The molecule has 0 radical (unpaired) electrons. The van der Waals surface area contributed by atoms with E-state index in [1.807, 2.05) is 20.1 Å². The third-order valence-electron chi connectivity index (χ3n) is 5.29. The van der Waals surface area contributed by atoms with Crippen LogP contribution in [0.3, 0.4) is 0 Å². The summed E-state index contributed by atoms with van der Waals surface area (Å²) in [7, 11) is 0. The van der Waals surface area contributed by atoms with E-state index in [1.165, 1.54) is 4.90 Å². The first-order valence-corrected chi connectivity index (χ1v) is 13.5.